The van der Waals surface area contributed by atoms with Crippen LogP contribution < -0.4 is 15.5 Å². The number of hydrogen-bond acceptors (Lipinski definition) is 5. The fraction of sp³-hybridized carbons (Fsp3) is 0.438. The number of benzene rings is 1. The predicted molar refractivity (Wildman–Crippen MR) is 99.4 cm³/mol. The molecule has 3 rings (SSSR count). The van der Waals surface area contributed by atoms with E-state index in [1.165, 1.54) is 11.3 Å². The van der Waals surface area contributed by atoms with Gasteiger partial charge >= 0.3 is 6.03 Å². The van der Waals surface area contributed by atoms with E-state index in [0.29, 0.717) is 15.8 Å². The van der Waals surface area contributed by atoms with Gasteiger partial charge in [-0.05, 0) is 43.4 Å². The molecule has 1 aliphatic heterocycles. The van der Waals surface area contributed by atoms with Crippen molar-refractivity contribution in [3.63, 3.8) is 0 Å². The van der Waals surface area contributed by atoms with Gasteiger partial charge in [0.1, 0.15) is 0 Å². The molecule has 0 radical (unpaired) electrons. The molecule has 1 aromatic carbocycles. The summed E-state index contributed by atoms with van der Waals surface area (Å²) >= 11 is 7.50. The number of amides is 2. The molecule has 128 valence electrons. The highest BCUT2D eigenvalue weighted by molar-refractivity contribution is 7.19. The van der Waals surface area contributed by atoms with Crippen LogP contribution in [0.2, 0.25) is 5.02 Å². The number of halogens is 1. The molecule has 2 heterocycles. The summed E-state index contributed by atoms with van der Waals surface area (Å²) in [6.07, 6.45) is 2.32. The van der Waals surface area contributed by atoms with E-state index in [0.717, 1.165) is 42.5 Å². The van der Waals surface area contributed by atoms with Crippen molar-refractivity contribution >= 4 is 44.9 Å². The molecule has 0 bridgehead atoms. The zero-order valence-electron chi connectivity index (χ0n) is 13.7. The molecule has 1 saturated heterocycles. The second-order valence-corrected chi connectivity index (χ2v) is 7.48. The Balaban J connectivity index is 1.59. The second kappa shape index (κ2) is 7.36. The smallest absolute Gasteiger partial charge is 0.325 e. The summed E-state index contributed by atoms with van der Waals surface area (Å²) in [4.78, 5) is 14.3. The molecule has 1 fully saturated rings. The zero-order valence-corrected chi connectivity index (χ0v) is 15.2. The van der Waals surface area contributed by atoms with Crippen molar-refractivity contribution < 1.29 is 4.79 Å². The molecular weight excluding hydrogens is 346 g/mol. The van der Waals surface area contributed by atoms with Crippen molar-refractivity contribution in [2.45, 2.75) is 26.7 Å². The number of piperidine rings is 1. The van der Waals surface area contributed by atoms with E-state index in [4.69, 9.17) is 11.6 Å². The molecule has 8 heteroatoms. The van der Waals surface area contributed by atoms with Gasteiger partial charge in [-0.15, -0.1) is 10.2 Å². The Bertz CT molecular complexity index is 727. The number of carbonyl (C=O) groups excluding carboxylic acids is 1. The first-order chi connectivity index (χ1) is 11.5. The van der Waals surface area contributed by atoms with E-state index in [1.54, 1.807) is 12.1 Å². The predicted octanol–water partition coefficient (Wildman–Crippen LogP) is 4.38. The Hall–Kier alpha value is -1.86. The average molecular weight is 366 g/mol. The molecular formula is C16H20ClN5OS. The number of rotatable bonds is 3. The van der Waals surface area contributed by atoms with Gasteiger partial charge in [0.15, 0.2) is 0 Å². The van der Waals surface area contributed by atoms with Crippen LogP contribution in [0.15, 0.2) is 18.2 Å². The van der Waals surface area contributed by atoms with Crippen LogP contribution in [0.4, 0.5) is 20.7 Å². The molecule has 2 amide bonds. The maximum Gasteiger partial charge on any atom is 0.325 e. The van der Waals surface area contributed by atoms with Crippen molar-refractivity contribution in [2.75, 3.05) is 28.6 Å². The van der Waals surface area contributed by atoms with E-state index in [1.807, 2.05) is 13.0 Å². The summed E-state index contributed by atoms with van der Waals surface area (Å²) in [5, 5.41) is 15.5. The average Bonchev–Trinajstić information content (AvgIpc) is 2.99. The lowest BCUT2D eigenvalue weighted by Gasteiger charge is -2.29. The molecule has 0 spiro atoms. The maximum atomic E-state index is 12.1. The number of aryl methyl sites for hydroxylation is 1. The molecule has 1 aromatic heterocycles. The van der Waals surface area contributed by atoms with Gasteiger partial charge < -0.3 is 10.2 Å². The topological polar surface area (TPSA) is 70.1 Å². The number of aromatic nitrogens is 2. The number of hydrogen-bond donors (Lipinski definition) is 2. The van der Waals surface area contributed by atoms with Gasteiger partial charge in [-0.25, -0.2) is 4.79 Å². The quantitative estimate of drug-likeness (QED) is 0.846. The molecule has 2 aromatic rings. The van der Waals surface area contributed by atoms with Crippen molar-refractivity contribution in [3.8, 4) is 0 Å². The van der Waals surface area contributed by atoms with Gasteiger partial charge in [0.25, 0.3) is 0 Å². The molecule has 0 saturated carbocycles. The third-order valence-electron chi connectivity index (χ3n) is 4.06. The summed E-state index contributed by atoms with van der Waals surface area (Å²) in [6.45, 7) is 6.19. The van der Waals surface area contributed by atoms with Gasteiger partial charge in [-0.2, -0.15) is 0 Å². The van der Waals surface area contributed by atoms with E-state index in [-0.39, 0.29) is 6.03 Å². The first kappa shape index (κ1) is 17.0. The number of carbonyl (C=O) groups is 1. The minimum Gasteiger partial charge on any atom is -0.347 e. The molecule has 0 unspecified atom stereocenters. The zero-order chi connectivity index (χ0) is 17.1. The van der Waals surface area contributed by atoms with Crippen LogP contribution in [0.5, 0.6) is 0 Å². The highest BCUT2D eigenvalue weighted by atomic mass is 35.5. The van der Waals surface area contributed by atoms with Crippen LogP contribution in [0.25, 0.3) is 0 Å². The normalized spacial score (nSPS) is 15.4. The third-order valence-corrected chi connectivity index (χ3v) is 5.27. The molecule has 0 atom stereocenters. The SMILES string of the molecule is Cc1ccc(NC(=O)Nc2nnc(N3CCC(C)CC3)s2)c(Cl)c1. The minimum absolute atomic E-state index is 0.379. The fourth-order valence-corrected chi connectivity index (χ4v) is 3.64. The van der Waals surface area contributed by atoms with Crippen molar-refractivity contribution in [1.29, 1.82) is 0 Å². The van der Waals surface area contributed by atoms with Gasteiger partial charge in [0.05, 0.1) is 10.7 Å². The Labute approximate surface area is 150 Å². The minimum atomic E-state index is -0.379. The highest BCUT2D eigenvalue weighted by Gasteiger charge is 2.19. The number of urea groups is 1. The monoisotopic (exact) mass is 365 g/mol. The Kier molecular flexibility index (Phi) is 5.20. The number of anilines is 3. The van der Waals surface area contributed by atoms with E-state index >= 15 is 0 Å². The first-order valence-electron chi connectivity index (χ1n) is 7.94. The lowest BCUT2D eigenvalue weighted by Crippen LogP contribution is -2.32. The van der Waals surface area contributed by atoms with Crippen molar-refractivity contribution in [2.24, 2.45) is 5.92 Å². The maximum absolute atomic E-state index is 12.1. The third kappa shape index (κ3) is 4.15. The van der Waals surface area contributed by atoms with Gasteiger partial charge in [0.2, 0.25) is 10.3 Å². The Morgan fingerprint density at radius 1 is 1.29 bits per heavy atom. The van der Waals surface area contributed by atoms with Crippen molar-refractivity contribution in [3.05, 3.63) is 28.8 Å². The Morgan fingerprint density at radius 2 is 2.04 bits per heavy atom. The van der Waals surface area contributed by atoms with Crippen LogP contribution in [0.3, 0.4) is 0 Å². The van der Waals surface area contributed by atoms with Gasteiger partial charge in [-0.3, -0.25) is 5.32 Å². The number of nitrogens with one attached hydrogen (secondary N) is 2. The second-order valence-electron chi connectivity index (χ2n) is 6.12. The van der Waals surface area contributed by atoms with E-state index < -0.39 is 0 Å². The van der Waals surface area contributed by atoms with Crippen LogP contribution >= 0.6 is 22.9 Å². The summed E-state index contributed by atoms with van der Waals surface area (Å²) in [5.41, 5.74) is 1.60. The molecule has 24 heavy (non-hydrogen) atoms. The van der Waals surface area contributed by atoms with Crippen molar-refractivity contribution in [1.82, 2.24) is 10.2 Å². The summed E-state index contributed by atoms with van der Waals surface area (Å²) < 4.78 is 0. The molecule has 1 aliphatic rings. The summed E-state index contributed by atoms with van der Waals surface area (Å²) in [5.74, 6) is 0.761. The summed E-state index contributed by atoms with van der Waals surface area (Å²) in [6, 6.07) is 5.09. The lowest BCUT2D eigenvalue weighted by molar-refractivity contribution is 0.262. The Morgan fingerprint density at radius 3 is 2.75 bits per heavy atom. The first-order valence-corrected chi connectivity index (χ1v) is 9.13. The molecule has 2 N–H and O–H groups in total. The highest BCUT2D eigenvalue weighted by Crippen LogP contribution is 2.28. The molecule has 0 aliphatic carbocycles. The van der Waals surface area contributed by atoms with Crippen LogP contribution in [0.1, 0.15) is 25.3 Å². The van der Waals surface area contributed by atoms with Gasteiger partial charge in [0, 0.05) is 13.1 Å². The van der Waals surface area contributed by atoms with Crippen LogP contribution in [-0.2, 0) is 0 Å². The largest absolute Gasteiger partial charge is 0.347 e. The van der Waals surface area contributed by atoms with Crippen LogP contribution in [0, 0.1) is 12.8 Å². The van der Waals surface area contributed by atoms with E-state index in [9.17, 15) is 4.79 Å². The van der Waals surface area contributed by atoms with Gasteiger partial charge in [-0.1, -0.05) is 35.9 Å². The lowest BCUT2D eigenvalue weighted by atomic mass is 10.00. The van der Waals surface area contributed by atoms with Crippen LogP contribution in [-0.4, -0.2) is 29.3 Å². The van der Waals surface area contributed by atoms with E-state index in [2.05, 4.69) is 32.7 Å². The fourth-order valence-electron chi connectivity index (χ4n) is 2.57. The molecule has 6 nitrogen and oxygen atoms in total. The standard InChI is InChI=1S/C16H20ClN5OS/c1-10-5-7-22(8-6-10)16-21-20-15(24-16)19-14(23)18-13-4-3-11(2)9-12(13)17/h3-4,9-10H,5-8H2,1-2H3,(H2,18,19,20,23). The number of nitrogens with zero attached hydrogens (tertiary/aromatic N) is 3. The summed E-state index contributed by atoms with van der Waals surface area (Å²) in [7, 11) is 0.